The Balaban J connectivity index is 1.52. The van der Waals surface area contributed by atoms with Crippen molar-refractivity contribution in [1.29, 1.82) is 0 Å². The fourth-order valence-corrected chi connectivity index (χ4v) is 4.74. The normalized spacial score (nSPS) is 16.7. The summed E-state index contributed by atoms with van der Waals surface area (Å²) in [6.07, 6.45) is 5.13. The monoisotopic (exact) mass is 378 g/mol. The molecule has 2 aromatic carbocycles. The zero-order valence-electron chi connectivity index (χ0n) is 15.6. The molecule has 0 spiro atoms. The van der Waals surface area contributed by atoms with Crippen molar-refractivity contribution in [1.82, 2.24) is 10.2 Å². The van der Waals surface area contributed by atoms with Gasteiger partial charge in [0, 0.05) is 12.1 Å². The molecule has 3 nitrogen and oxygen atoms in total. The van der Waals surface area contributed by atoms with Gasteiger partial charge in [-0.3, -0.25) is 9.69 Å². The highest BCUT2D eigenvalue weighted by Gasteiger charge is 2.23. The van der Waals surface area contributed by atoms with E-state index < -0.39 is 0 Å². The molecule has 0 aliphatic carbocycles. The van der Waals surface area contributed by atoms with Crippen LogP contribution < -0.4 is 5.32 Å². The zero-order chi connectivity index (χ0) is 18.5. The van der Waals surface area contributed by atoms with Crippen LogP contribution in [0.15, 0.2) is 59.3 Å². The lowest BCUT2D eigenvalue weighted by molar-refractivity contribution is 0.0935. The third-order valence-corrected chi connectivity index (χ3v) is 6.20. The molecule has 1 saturated heterocycles. The lowest BCUT2D eigenvalue weighted by atomic mass is 10.0. The van der Waals surface area contributed by atoms with Gasteiger partial charge in [0.15, 0.2) is 0 Å². The van der Waals surface area contributed by atoms with Crippen LogP contribution in [-0.2, 0) is 0 Å². The largest absolute Gasteiger partial charge is 0.350 e. The summed E-state index contributed by atoms with van der Waals surface area (Å²) >= 11 is 1.73. The molecule has 1 aromatic heterocycles. The number of carbonyl (C=O) groups excluding carboxylic acids is 1. The van der Waals surface area contributed by atoms with Gasteiger partial charge in [-0.05, 0) is 65.2 Å². The number of benzene rings is 2. The molecule has 1 atom stereocenters. The van der Waals surface area contributed by atoms with Crippen molar-refractivity contribution < 1.29 is 4.79 Å². The molecule has 3 aromatic rings. The van der Waals surface area contributed by atoms with Gasteiger partial charge >= 0.3 is 0 Å². The Kier molecular flexibility index (Phi) is 5.85. The Bertz CT molecular complexity index is 877. The van der Waals surface area contributed by atoms with Gasteiger partial charge < -0.3 is 5.32 Å². The Morgan fingerprint density at radius 2 is 1.78 bits per heavy atom. The minimum atomic E-state index is 0.0156. The Labute approximate surface area is 165 Å². The molecule has 1 unspecified atom stereocenters. The molecule has 4 heteroatoms. The second-order valence-electron chi connectivity index (χ2n) is 7.26. The molecule has 1 fully saturated rings. The average molecular weight is 379 g/mol. The number of carbonyl (C=O) groups is 1. The Hall–Kier alpha value is -2.17. The van der Waals surface area contributed by atoms with Crippen molar-refractivity contribution in [2.24, 2.45) is 0 Å². The fraction of sp³-hybridized carbons (Fsp3) is 0.348. The molecule has 4 rings (SSSR count). The van der Waals surface area contributed by atoms with E-state index in [9.17, 15) is 4.79 Å². The first-order valence-corrected chi connectivity index (χ1v) is 10.8. The number of fused-ring (bicyclic) bond motifs is 1. The molecule has 0 saturated carbocycles. The van der Waals surface area contributed by atoms with Crippen molar-refractivity contribution in [2.45, 2.75) is 31.7 Å². The highest BCUT2D eigenvalue weighted by Crippen LogP contribution is 2.26. The maximum atomic E-state index is 13.0. The summed E-state index contributed by atoms with van der Waals surface area (Å²) in [4.78, 5) is 15.5. The summed E-state index contributed by atoms with van der Waals surface area (Å²) in [7, 11) is 0. The molecule has 0 bridgehead atoms. The van der Waals surface area contributed by atoms with Gasteiger partial charge in [0.1, 0.15) is 0 Å². The van der Waals surface area contributed by atoms with Gasteiger partial charge in [-0.25, -0.2) is 0 Å². The van der Waals surface area contributed by atoms with E-state index in [2.05, 4.69) is 39.2 Å². The van der Waals surface area contributed by atoms with Gasteiger partial charge in [0.25, 0.3) is 5.91 Å². The average Bonchev–Trinajstić information content (AvgIpc) is 3.10. The van der Waals surface area contributed by atoms with E-state index in [1.54, 1.807) is 11.3 Å². The third kappa shape index (κ3) is 4.23. The zero-order valence-corrected chi connectivity index (χ0v) is 16.4. The van der Waals surface area contributed by atoms with Crippen molar-refractivity contribution in [3.05, 3.63) is 70.4 Å². The van der Waals surface area contributed by atoms with Crippen LogP contribution in [0.4, 0.5) is 0 Å². The summed E-state index contributed by atoms with van der Waals surface area (Å²) in [6, 6.07) is 16.5. The summed E-state index contributed by atoms with van der Waals surface area (Å²) in [5.74, 6) is 0.0156. The van der Waals surface area contributed by atoms with E-state index in [0.29, 0.717) is 6.54 Å². The molecule has 2 heterocycles. The van der Waals surface area contributed by atoms with E-state index in [1.807, 2.05) is 30.3 Å². The first-order valence-electron chi connectivity index (χ1n) is 9.85. The number of thiophene rings is 1. The molecule has 1 amide bonds. The first-order chi connectivity index (χ1) is 13.3. The van der Waals surface area contributed by atoms with Crippen LogP contribution in [-0.4, -0.2) is 30.4 Å². The number of hydrogen-bond acceptors (Lipinski definition) is 3. The van der Waals surface area contributed by atoms with E-state index in [-0.39, 0.29) is 11.9 Å². The van der Waals surface area contributed by atoms with Gasteiger partial charge in [-0.2, -0.15) is 11.3 Å². The highest BCUT2D eigenvalue weighted by molar-refractivity contribution is 7.08. The van der Waals surface area contributed by atoms with E-state index >= 15 is 0 Å². The smallest absolute Gasteiger partial charge is 0.251 e. The van der Waals surface area contributed by atoms with Crippen LogP contribution in [0.5, 0.6) is 0 Å². The number of rotatable bonds is 5. The van der Waals surface area contributed by atoms with E-state index in [1.165, 1.54) is 31.2 Å². The predicted octanol–water partition coefficient (Wildman–Crippen LogP) is 5.25. The number of hydrogen-bond donors (Lipinski definition) is 1. The molecule has 1 aliphatic rings. The minimum absolute atomic E-state index is 0.0156. The maximum absolute atomic E-state index is 13.0. The highest BCUT2D eigenvalue weighted by atomic mass is 32.1. The van der Waals surface area contributed by atoms with Gasteiger partial charge in [-0.1, -0.05) is 49.2 Å². The van der Waals surface area contributed by atoms with E-state index in [0.717, 1.165) is 29.4 Å². The summed E-state index contributed by atoms with van der Waals surface area (Å²) in [5.41, 5.74) is 2.08. The van der Waals surface area contributed by atoms with Crippen molar-refractivity contribution >= 4 is 28.0 Å². The molecule has 1 aliphatic heterocycles. The van der Waals surface area contributed by atoms with Crippen LogP contribution in [0.1, 0.15) is 47.6 Å². The van der Waals surface area contributed by atoms with Crippen molar-refractivity contribution in [2.75, 3.05) is 19.6 Å². The maximum Gasteiger partial charge on any atom is 0.251 e. The Morgan fingerprint density at radius 3 is 2.56 bits per heavy atom. The second-order valence-corrected chi connectivity index (χ2v) is 8.04. The third-order valence-electron chi connectivity index (χ3n) is 5.50. The SMILES string of the molecule is O=C(NCC(c1ccsc1)N1CCCCCC1)c1cccc2ccccc12. The minimum Gasteiger partial charge on any atom is -0.350 e. The molecule has 0 radical (unpaired) electrons. The number of amides is 1. The molecule has 1 N–H and O–H groups in total. The lowest BCUT2D eigenvalue weighted by Gasteiger charge is -2.30. The summed E-state index contributed by atoms with van der Waals surface area (Å²) in [6.45, 7) is 2.88. The Morgan fingerprint density at radius 1 is 1.00 bits per heavy atom. The second kappa shape index (κ2) is 8.68. The topological polar surface area (TPSA) is 32.3 Å². The number of nitrogens with zero attached hydrogens (tertiary/aromatic N) is 1. The molecular weight excluding hydrogens is 352 g/mol. The standard InChI is InChI=1S/C23H26N2OS/c26-23(21-11-7-9-18-8-3-4-10-20(18)21)24-16-22(19-12-15-27-17-19)25-13-5-1-2-6-14-25/h3-4,7-12,15,17,22H,1-2,5-6,13-14,16H2,(H,24,26). The van der Waals surface area contributed by atoms with Crippen LogP contribution in [0, 0.1) is 0 Å². The van der Waals surface area contributed by atoms with Gasteiger partial charge in [-0.15, -0.1) is 0 Å². The predicted molar refractivity (Wildman–Crippen MR) is 113 cm³/mol. The summed E-state index contributed by atoms with van der Waals surface area (Å²) < 4.78 is 0. The summed E-state index contributed by atoms with van der Waals surface area (Å²) in [5, 5.41) is 9.69. The fourth-order valence-electron chi connectivity index (χ4n) is 4.04. The van der Waals surface area contributed by atoms with Crippen LogP contribution >= 0.6 is 11.3 Å². The van der Waals surface area contributed by atoms with Gasteiger partial charge in [0.2, 0.25) is 0 Å². The number of likely N-dealkylation sites (tertiary alicyclic amines) is 1. The van der Waals surface area contributed by atoms with Crippen LogP contribution in [0.3, 0.4) is 0 Å². The van der Waals surface area contributed by atoms with Gasteiger partial charge in [0.05, 0.1) is 6.04 Å². The van der Waals surface area contributed by atoms with Crippen LogP contribution in [0.25, 0.3) is 10.8 Å². The number of nitrogens with one attached hydrogen (secondary N) is 1. The lowest BCUT2D eigenvalue weighted by Crippen LogP contribution is -2.38. The molecule has 27 heavy (non-hydrogen) atoms. The van der Waals surface area contributed by atoms with Crippen molar-refractivity contribution in [3.63, 3.8) is 0 Å². The van der Waals surface area contributed by atoms with E-state index in [4.69, 9.17) is 0 Å². The van der Waals surface area contributed by atoms with Crippen molar-refractivity contribution in [3.8, 4) is 0 Å². The quantitative estimate of drug-likeness (QED) is 0.658. The molecule has 140 valence electrons. The van der Waals surface area contributed by atoms with Crippen LogP contribution in [0.2, 0.25) is 0 Å². The first kappa shape index (κ1) is 18.2. The molecular formula is C23H26N2OS.